The van der Waals surface area contributed by atoms with Crippen LogP contribution >= 0.6 is 0 Å². The van der Waals surface area contributed by atoms with E-state index in [1.54, 1.807) is 0 Å². The van der Waals surface area contributed by atoms with Crippen LogP contribution in [-0.2, 0) is 29.0 Å². The van der Waals surface area contributed by atoms with Crippen molar-refractivity contribution in [3.8, 4) is 0 Å². The topological polar surface area (TPSA) is 250 Å². The maximum Gasteiger partial charge on any atom is 0.232 e. The molecule has 31 nitrogen and oxygen atoms in total. The Hall–Kier alpha value is -5.29. The number of nitrogens with one attached hydrogen (secondary N) is 3. The summed E-state index contributed by atoms with van der Waals surface area (Å²) in [5.41, 5.74) is -3.28. The Morgan fingerprint density at radius 1 is 0.227 bits per heavy atom. The number of hydrogen-bond acceptors (Lipinski definition) is 31. The first-order chi connectivity index (χ1) is 61.8. The molecular formula is C101H193N25O6. The minimum Gasteiger partial charge on any atom is -0.354 e. The van der Waals surface area contributed by atoms with Gasteiger partial charge in [0.15, 0.2) is 0 Å². The van der Waals surface area contributed by atoms with Crippen LogP contribution in [0.15, 0.2) is 0 Å². The summed E-state index contributed by atoms with van der Waals surface area (Å²) in [7, 11) is 10.9. The lowest BCUT2D eigenvalue weighted by Gasteiger charge is -2.55. The molecule has 3 aromatic heterocycles. The van der Waals surface area contributed by atoms with Gasteiger partial charge in [0.1, 0.15) is 0 Å². The molecule has 6 aliphatic heterocycles. The molecule has 6 aliphatic rings. The second kappa shape index (κ2) is 45.8. The van der Waals surface area contributed by atoms with E-state index >= 15 is 0 Å². The number of piperidine rings is 6. The lowest BCUT2D eigenvalue weighted by molar-refractivity contribution is -0.266. The summed E-state index contributed by atoms with van der Waals surface area (Å²) in [4.78, 5) is 107. The number of hydrogen-bond donors (Lipinski definition) is 3. The molecule has 132 heavy (non-hydrogen) atoms. The van der Waals surface area contributed by atoms with Gasteiger partial charge >= 0.3 is 0 Å². The molecule has 9 heterocycles. The Bertz CT molecular complexity index is 3680. The Morgan fingerprint density at radius 2 is 0.409 bits per heavy atom. The third-order valence-electron chi connectivity index (χ3n) is 29.6. The smallest absolute Gasteiger partial charge is 0.232 e. The third-order valence-corrected chi connectivity index (χ3v) is 29.6. The summed E-state index contributed by atoms with van der Waals surface area (Å²) in [5.74, 6) is 6.23. The van der Waals surface area contributed by atoms with Crippen molar-refractivity contribution >= 4 is 53.5 Å². The Balaban J connectivity index is 1.14. The van der Waals surface area contributed by atoms with Crippen molar-refractivity contribution in [2.45, 2.75) is 477 Å². The van der Waals surface area contributed by atoms with Gasteiger partial charge in [0.05, 0.1) is 42.7 Å². The van der Waals surface area contributed by atoms with Crippen LogP contribution in [0.2, 0.25) is 0 Å². The molecule has 0 amide bonds. The average Bonchev–Trinajstić information content (AvgIpc) is 0.688. The summed E-state index contributed by atoms with van der Waals surface area (Å²) in [6.07, 6.45) is 24.2. The fraction of sp³-hybridized carbons (Fsp3) is 0.911. The Kier molecular flexibility index (Phi) is 38.2. The van der Waals surface area contributed by atoms with Gasteiger partial charge in [-0.05, 0) is 301 Å². The number of unbranched alkanes of at least 4 members (excludes halogenated alkanes) is 6. The van der Waals surface area contributed by atoms with Crippen LogP contribution in [0.5, 0.6) is 0 Å². The van der Waals surface area contributed by atoms with Gasteiger partial charge in [-0.3, -0.25) is 0 Å². The maximum absolute atomic E-state index is 6.31. The molecule has 758 valence electrons. The molecule has 6 fully saturated rings. The van der Waals surface area contributed by atoms with E-state index in [1.165, 1.54) is 0 Å². The molecule has 0 aliphatic carbocycles. The van der Waals surface area contributed by atoms with Gasteiger partial charge < -0.3 is 79.3 Å². The lowest BCUT2D eigenvalue weighted by Crippen LogP contribution is -2.64. The van der Waals surface area contributed by atoms with Crippen LogP contribution < -0.4 is 50.2 Å². The largest absolute Gasteiger partial charge is 0.354 e. The van der Waals surface area contributed by atoms with Crippen molar-refractivity contribution in [2.75, 3.05) is 166 Å². The van der Waals surface area contributed by atoms with Crippen molar-refractivity contribution in [3.63, 3.8) is 0 Å². The van der Waals surface area contributed by atoms with E-state index in [-0.39, 0.29) is 103 Å². The van der Waals surface area contributed by atoms with Crippen LogP contribution in [0.1, 0.15) is 375 Å². The van der Waals surface area contributed by atoms with Crippen LogP contribution in [0.3, 0.4) is 0 Å². The number of aromatic nitrogens is 9. The van der Waals surface area contributed by atoms with Gasteiger partial charge in [0.25, 0.3) is 0 Å². The van der Waals surface area contributed by atoms with Gasteiger partial charge in [-0.2, -0.15) is 75.2 Å². The highest BCUT2D eigenvalue weighted by molar-refractivity contribution is 5.52. The first kappa shape index (κ1) is 110. The Labute approximate surface area is 802 Å². The van der Waals surface area contributed by atoms with E-state index in [1.807, 2.05) is 42.7 Å². The predicted octanol–water partition coefficient (Wildman–Crippen LogP) is 18.8. The molecule has 0 unspecified atom stereocenters. The summed E-state index contributed by atoms with van der Waals surface area (Å²) in [6, 6.07) is 0.763. The molecule has 0 atom stereocenters. The van der Waals surface area contributed by atoms with Crippen LogP contribution in [0.4, 0.5) is 53.5 Å². The van der Waals surface area contributed by atoms with Crippen LogP contribution in [0, 0.1) is 0 Å². The zero-order chi connectivity index (χ0) is 97.8. The highest BCUT2D eigenvalue weighted by Gasteiger charge is 2.56. The first-order valence-electron chi connectivity index (χ1n) is 51.7. The van der Waals surface area contributed by atoms with Gasteiger partial charge in [0, 0.05) is 175 Å². The maximum atomic E-state index is 6.31. The van der Waals surface area contributed by atoms with Gasteiger partial charge in [0.2, 0.25) is 53.5 Å². The van der Waals surface area contributed by atoms with Gasteiger partial charge in [-0.25, -0.2) is 0 Å². The van der Waals surface area contributed by atoms with Crippen molar-refractivity contribution in [1.29, 1.82) is 0 Å². The molecule has 31 heteroatoms. The lowest BCUT2D eigenvalue weighted by atomic mass is 9.78. The molecule has 9 rings (SSSR count). The molecular weight excluding hydrogens is 1660 g/mol. The minimum absolute atomic E-state index is 0.100. The molecule has 0 saturated carbocycles. The third kappa shape index (κ3) is 26.6. The standard InChI is InChI=1S/C101H193N25O6/c1-37-43-56-115(75-63-90(7,8)121(127-31)91(9,10)64-75)84-105-81(106-85(111-84)116(57-44-38-2)76-65-92(11,12)122(128-32)93(13,14)66-76)103-52-49-51-102-54-62-114(83-109-88(119(60-47-41-5)79-71-98(23,24)125(131-35)99(25,26)72-79)113-89(110-83)120(61-48-42-6)80-73-100(27,28)126(132-36)101(29,30)74-80)55-50-53-104-82-107-86(117(58-45-39-3)77-67-94(15,16)123(129-33)95(17,18)68-77)112-87(108-82)118(59-46-40-4)78-69-96(19,20)124(130-34)97(21,22)70-78/h75-80,102H,37-74H2,1-36H3,(H,103,105,106,111)(H,104,107,108,112). The molecule has 0 bridgehead atoms. The normalized spacial score (nSPS) is 22.5. The van der Waals surface area contributed by atoms with Crippen molar-refractivity contribution in [3.05, 3.63) is 0 Å². The number of nitrogens with zero attached hydrogens (tertiary/aromatic N) is 22. The highest BCUT2D eigenvalue weighted by atomic mass is 16.7. The van der Waals surface area contributed by atoms with Crippen LogP contribution in [0.25, 0.3) is 0 Å². The van der Waals surface area contributed by atoms with E-state index in [9.17, 15) is 0 Å². The van der Waals surface area contributed by atoms with Gasteiger partial charge in [-0.15, -0.1) is 0 Å². The quantitative estimate of drug-likeness (QED) is 0.0444. The molecule has 0 aromatic carbocycles. The summed E-state index contributed by atoms with van der Waals surface area (Å²) in [5, 5.41) is 25.1. The van der Waals surface area contributed by atoms with Crippen molar-refractivity contribution < 1.29 is 29.0 Å². The fourth-order valence-electron chi connectivity index (χ4n) is 25.9. The van der Waals surface area contributed by atoms with E-state index in [2.05, 4.69) is 288 Å². The molecule has 3 N–H and O–H groups in total. The number of anilines is 9. The molecule has 6 saturated heterocycles. The first-order valence-corrected chi connectivity index (χ1v) is 51.7. The zero-order valence-corrected chi connectivity index (χ0v) is 90.6. The minimum atomic E-state index is -0.297. The monoisotopic (exact) mass is 1850 g/mol. The van der Waals surface area contributed by atoms with Crippen molar-refractivity contribution in [1.82, 2.24) is 80.6 Å². The Morgan fingerprint density at radius 3 is 0.598 bits per heavy atom. The van der Waals surface area contributed by atoms with E-state index in [0.29, 0.717) is 57.0 Å². The fourth-order valence-corrected chi connectivity index (χ4v) is 25.9. The second-order valence-corrected chi connectivity index (χ2v) is 47.3. The number of rotatable bonds is 50. The van der Waals surface area contributed by atoms with Crippen molar-refractivity contribution in [2.24, 2.45) is 0 Å². The van der Waals surface area contributed by atoms with Crippen LogP contribution in [-0.4, -0.2) is 299 Å². The number of hydroxylamine groups is 12. The highest BCUT2D eigenvalue weighted by Crippen LogP contribution is 2.49. The average molecular weight is 1850 g/mol. The summed E-state index contributed by atoms with van der Waals surface area (Å²) in [6.45, 7) is 78.1. The van der Waals surface area contributed by atoms with Gasteiger partial charge in [-0.1, -0.05) is 80.1 Å². The summed E-state index contributed by atoms with van der Waals surface area (Å²) < 4.78 is 0. The van der Waals surface area contributed by atoms with E-state index < -0.39 is 0 Å². The predicted molar refractivity (Wildman–Crippen MR) is 544 cm³/mol. The van der Waals surface area contributed by atoms with E-state index in [4.69, 9.17) is 73.9 Å². The van der Waals surface area contributed by atoms with E-state index in [0.717, 1.165) is 242 Å². The second-order valence-electron chi connectivity index (χ2n) is 47.3. The zero-order valence-electron chi connectivity index (χ0n) is 90.6. The molecule has 3 aromatic rings. The summed E-state index contributed by atoms with van der Waals surface area (Å²) >= 11 is 0. The molecule has 0 spiro atoms. The molecule has 0 radical (unpaired) electrons. The SMILES string of the molecule is CCCCN(c1nc(NCCCNCCN(CCCNc2nc(N(CCCC)C3CC(C)(C)N(OC)C(C)(C)C3)nc(N(CCCC)C3CC(C)(C)N(OC)C(C)(C)C3)n2)c2nc(N(CCCC)C3CC(C)(C)N(OC)C(C)(C)C3)nc(N(CCCC)C3CC(C)(C)N(OC)C(C)(C)C3)n2)nc(N(CCCC)C2CC(C)(C)N(OC)C(C)(C)C2)n1)C1CC(C)(C)N(OC)C(C)(C)C1.